The van der Waals surface area contributed by atoms with E-state index in [1.165, 1.54) is 13.0 Å². The molecule has 0 fully saturated rings. The molecule has 21 heavy (non-hydrogen) atoms. The van der Waals surface area contributed by atoms with Gasteiger partial charge in [0.25, 0.3) is 0 Å². The first-order chi connectivity index (χ1) is 9.79. The second-order valence-corrected chi connectivity index (χ2v) is 4.93. The van der Waals surface area contributed by atoms with Crippen LogP contribution in [0, 0.1) is 32.4 Å². The third-order valence-corrected chi connectivity index (χ3v) is 3.21. The molecule has 0 aliphatic heterocycles. The summed E-state index contributed by atoms with van der Waals surface area (Å²) >= 11 is 0. The molecule has 1 aromatic heterocycles. The average Bonchev–Trinajstić information content (AvgIpc) is 2.72. The third kappa shape index (κ3) is 3.07. The lowest BCUT2D eigenvalue weighted by Gasteiger charge is -2.04. The van der Waals surface area contributed by atoms with Crippen molar-refractivity contribution in [3.8, 4) is 0 Å². The zero-order chi connectivity index (χ0) is 15.7. The van der Waals surface area contributed by atoms with Crippen LogP contribution < -0.4 is 0 Å². The van der Waals surface area contributed by atoms with E-state index in [4.69, 9.17) is 4.42 Å². The molecule has 1 heterocycles. The van der Waals surface area contributed by atoms with Gasteiger partial charge in [0.05, 0.1) is 17.5 Å². The van der Waals surface area contributed by atoms with Crippen molar-refractivity contribution in [1.82, 2.24) is 0 Å². The molecule has 0 amide bonds. The van der Waals surface area contributed by atoms with Crippen molar-refractivity contribution in [1.29, 1.82) is 0 Å². The van der Waals surface area contributed by atoms with E-state index >= 15 is 0 Å². The Balaban J connectivity index is 2.24. The minimum absolute atomic E-state index is 0.108. The summed E-state index contributed by atoms with van der Waals surface area (Å²) in [4.78, 5) is 24.0. The van der Waals surface area contributed by atoms with E-state index in [-0.39, 0.29) is 11.1 Å². The fraction of sp³-hybridized carbons (Fsp3) is 0.250. The summed E-state index contributed by atoms with van der Waals surface area (Å²) in [6.07, 6.45) is -0.529. The summed E-state index contributed by atoms with van der Waals surface area (Å²) in [5.41, 5.74) is -0.0187. The highest BCUT2D eigenvalue weighted by Crippen LogP contribution is 2.19. The Morgan fingerprint density at radius 3 is 2.14 bits per heavy atom. The Morgan fingerprint density at radius 1 is 0.952 bits per heavy atom. The maximum absolute atomic E-state index is 13.7. The van der Waals surface area contributed by atoms with Gasteiger partial charge in [-0.15, -0.1) is 0 Å². The highest BCUT2D eigenvalue weighted by Gasteiger charge is 2.21. The lowest BCUT2D eigenvalue weighted by molar-refractivity contribution is 0.0891. The molecule has 5 heteroatoms. The van der Waals surface area contributed by atoms with Crippen LogP contribution in [-0.2, 0) is 0 Å². The Bertz CT molecular complexity index is 729. The van der Waals surface area contributed by atoms with Gasteiger partial charge in [-0.2, -0.15) is 0 Å². The second-order valence-electron chi connectivity index (χ2n) is 4.93. The van der Waals surface area contributed by atoms with E-state index in [9.17, 15) is 18.4 Å². The van der Waals surface area contributed by atoms with E-state index in [2.05, 4.69) is 0 Å². The quantitative estimate of drug-likeness (QED) is 0.633. The van der Waals surface area contributed by atoms with Gasteiger partial charge < -0.3 is 4.42 Å². The molecular weight excluding hydrogens is 278 g/mol. The molecule has 0 N–H and O–H groups in total. The number of hydrogen-bond donors (Lipinski definition) is 0. The van der Waals surface area contributed by atoms with Crippen LogP contribution in [0.5, 0.6) is 0 Å². The Hall–Kier alpha value is -2.30. The highest BCUT2D eigenvalue weighted by atomic mass is 19.1. The number of benzene rings is 1. The zero-order valence-electron chi connectivity index (χ0n) is 11.9. The monoisotopic (exact) mass is 292 g/mol. The standard InChI is InChI=1S/C16H14F2O3/c1-8-4-14(18)12(6-13(8)17)16(20)7-15(19)11-5-9(2)21-10(11)3/h4-6H,7H2,1-3H3. The number of rotatable bonds is 4. The molecule has 1 aromatic carbocycles. The fourth-order valence-corrected chi connectivity index (χ4v) is 2.10. The number of halogens is 2. The van der Waals surface area contributed by atoms with Crippen LogP contribution in [0.25, 0.3) is 0 Å². The van der Waals surface area contributed by atoms with Crippen molar-refractivity contribution in [3.05, 3.63) is 58.0 Å². The van der Waals surface area contributed by atoms with E-state index in [0.717, 1.165) is 12.1 Å². The van der Waals surface area contributed by atoms with E-state index in [1.807, 2.05) is 0 Å². The van der Waals surface area contributed by atoms with Crippen molar-refractivity contribution < 1.29 is 22.8 Å². The molecule has 0 saturated heterocycles. The van der Waals surface area contributed by atoms with Crippen molar-refractivity contribution in [2.24, 2.45) is 0 Å². The van der Waals surface area contributed by atoms with Crippen LogP contribution in [-0.4, -0.2) is 11.6 Å². The summed E-state index contributed by atoms with van der Waals surface area (Å²) in [7, 11) is 0. The number of aryl methyl sites for hydroxylation is 3. The molecule has 0 radical (unpaired) electrons. The van der Waals surface area contributed by atoms with E-state index in [1.54, 1.807) is 13.8 Å². The van der Waals surface area contributed by atoms with Gasteiger partial charge in [0.2, 0.25) is 0 Å². The van der Waals surface area contributed by atoms with Gasteiger partial charge in [-0.05, 0) is 44.5 Å². The minimum Gasteiger partial charge on any atom is -0.466 e. The number of carbonyl (C=O) groups is 2. The average molecular weight is 292 g/mol. The van der Waals surface area contributed by atoms with Gasteiger partial charge in [-0.1, -0.05) is 0 Å². The summed E-state index contributed by atoms with van der Waals surface area (Å²) in [5, 5.41) is 0. The van der Waals surface area contributed by atoms with Crippen LogP contribution in [0.15, 0.2) is 22.6 Å². The first kappa shape index (κ1) is 15.1. The number of ketones is 2. The maximum Gasteiger partial charge on any atom is 0.174 e. The topological polar surface area (TPSA) is 47.3 Å². The predicted molar refractivity (Wildman–Crippen MR) is 72.6 cm³/mol. The molecule has 0 aliphatic carbocycles. The third-order valence-electron chi connectivity index (χ3n) is 3.21. The molecule has 2 aromatic rings. The molecule has 0 unspecified atom stereocenters. The van der Waals surface area contributed by atoms with Gasteiger partial charge in [0.1, 0.15) is 23.2 Å². The van der Waals surface area contributed by atoms with Crippen molar-refractivity contribution >= 4 is 11.6 Å². The normalized spacial score (nSPS) is 10.7. The molecule has 2 rings (SSSR count). The number of carbonyl (C=O) groups excluding carboxylic acids is 2. The summed E-state index contributed by atoms with van der Waals surface area (Å²) in [6.45, 7) is 4.69. The smallest absolute Gasteiger partial charge is 0.174 e. The first-order valence-electron chi connectivity index (χ1n) is 6.38. The lowest BCUT2D eigenvalue weighted by atomic mass is 10.0. The zero-order valence-corrected chi connectivity index (χ0v) is 11.9. The molecule has 0 saturated carbocycles. The molecule has 3 nitrogen and oxygen atoms in total. The molecule has 0 aliphatic rings. The predicted octanol–water partition coefficient (Wildman–Crippen LogP) is 3.94. The molecule has 0 atom stereocenters. The lowest BCUT2D eigenvalue weighted by Crippen LogP contribution is -2.11. The van der Waals surface area contributed by atoms with Crippen LogP contribution in [0.3, 0.4) is 0 Å². The Morgan fingerprint density at radius 2 is 1.57 bits per heavy atom. The Kier molecular flexibility index (Phi) is 4.02. The SMILES string of the molecule is Cc1cc(C(=O)CC(=O)c2cc(F)c(C)cc2F)c(C)o1. The van der Waals surface area contributed by atoms with Crippen molar-refractivity contribution in [3.63, 3.8) is 0 Å². The van der Waals surface area contributed by atoms with Crippen LogP contribution in [0.1, 0.15) is 44.2 Å². The largest absolute Gasteiger partial charge is 0.466 e. The van der Waals surface area contributed by atoms with E-state index in [0.29, 0.717) is 11.5 Å². The van der Waals surface area contributed by atoms with Crippen LogP contribution in [0.2, 0.25) is 0 Å². The Labute approximate surface area is 120 Å². The van der Waals surface area contributed by atoms with Gasteiger partial charge >= 0.3 is 0 Å². The number of furan rings is 1. The van der Waals surface area contributed by atoms with Gasteiger partial charge in [0.15, 0.2) is 11.6 Å². The van der Waals surface area contributed by atoms with Crippen molar-refractivity contribution in [2.45, 2.75) is 27.2 Å². The highest BCUT2D eigenvalue weighted by molar-refractivity contribution is 6.14. The molecular formula is C16H14F2O3. The fourth-order valence-electron chi connectivity index (χ4n) is 2.10. The summed E-state index contributed by atoms with van der Waals surface area (Å²) in [6, 6.07) is 3.30. The first-order valence-corrected chi connectivity index (χ1v) is 6.38. The number of Topliss-reactive ketones (excluding diaryl/α,β-unsaturated/α-hetero) is 2. The van der Waals surface area contributed by atoms with Gasteiger partial charge in [-0.3, -0.25) is 9.59 Å². The van der Waals surface area contributed by atoms with Crippen LogP contribution >= 0.6 is 0 Å². The molecule has 0 spiro atoms. The van der Waals surface area contributed by atoms with Crippen LogP contribution in [0.4, 0.5) is 8.78 Å². The van der Waals surface area contributed by atoms with Gasteiger partial charge in [-0.25, -0.2) is 8.78 Å². The molecule has 0 bridgehead atoms. The minimum atomic E-state index is -0.827. The second kappa shape index (κ2) is 5.60. The summed E-state index contributed by atoms with van der Waals surface area (Å²) in [5.74, 6) is -1.78. The maximum atomic E-state index is 13.7. The van der Waals surface area contributed by atoms with Crippen molar-refractivity contribution in [2.75, 3.05) is 0 Å². The van der Waals surface area contributed by atoms with Gasteiger partial charge in [0, 0.05) is 0 Å². The number of hydrogen-bond acceptors (Lipinski definition) is 3. The molecule has 110 valence electrons. The van der Waals surface area contributed by atoms with E-state index < -0.39 is 35.2 Å². The summed E-state index contributed by atoms with van der Waals surface area (Å²) < 4.78 is 32.3.